The molecule has 0 bridgehead atoms. The first-order chi connectivity index (χ1) is 17.3. The van der Waals surface area contributed by atoms with Crippen molar-refractivity contribution in [3.63, 3.8) is 0 Å². The van der Waals surface area contributed by atoms with Crippen LogP contribution in [-0.4, -0.2) is 64.8 Å². The number of anilines is 2. The molecule has 11 heteroatoms. The number of halogens is 2. The summed E-state index contributed by atoms with van der Waals surface area (Å²) in [4.78, 5) is 26.5. The Kier molecular flexibility index (Phi) is 6.63. The number of carbonyl (C=O) groups excluding carboxylic acids is 1. The number of benzene rings is 1. The van der Waals surface area contributed by atoms with Crippen LogP contribution in [0.5, 0.6) is 11.6 Å². The highest BCUT2D eigenvalue weighted by Gasteiger charge is 2.34. The van der Waals surface area contributed by atoms with Crippen molar-refractivity contribution in [1.82, 2.24) is 19.9 Å². The highest BCUT2D eigenvalue weighted by atomic mass is 35.5. The van der Waals surface area contributed by atoms with Crippen molar-refractivity contribution < 1.29 is 23.4 Å². The summed E-state index contributed by atoms with van der Waals surface area (Å²) in [5.74, 6) is 0.115. The van der Waals surface area contributed by atoms with Crippen LogP contribution in [0.1, 0.15) is 13.3 Å². The number of hydrogen-bond acceptors (Lipinski definition) is 8. The Morgan fingerprint density at radius 2 is 2.19 bits per heavy atom. The van der Waals surface area contributed by atoms with E-state index in [4.69, 9.17) is 25.8 Å². The van der Waals surface area contributed by atoms with Gasteiger partial charge in [-0.1, -0.05) is 25.1 Å². The van der Waals surface area contributed by atoms with Gasteiger partial charge in [0.05, 0.1) is 37.6 Å². The molecule has 9 nitrogen and oxygen atoms in total. The molecule has 36 heavy (non-hydrogen) atoms. The molecule has 0 unspecified atom stereocenters. The minimum Gasteiger partial charge on any atom is -0.491 e. The average molecular weight is 514 g/mol. The lowest BCUT2D eigenvalue weighted by Crippen LogP contribution is -2.44. The highest BCUT2D eigenvalue weighted by molar-refractivity contribution is 6.32. The van der Waals surface area contributed by atoms with Crippen LogP contribution < -0.4 is 14.8 Å². The molecule has 3 aromatic rings. The molecule has 1 atom stereocenters. The van der Waals surface area contributed by atoms with E-state index in [-0.39, 0.29) is 33.9 Å². The van der Waals surface area contributed by atoms with Crippen molar-refractivity contribution in [2.45, 2.75) is 19.4 Å². The van der Waals surface area contributed by atoms with Crippen LogP contribution >= 0.6 is 11.6 Å². The van der Waals surface area contributed by atoms with Crippen molar-refractivity contribution in [2.75, 3.05) is 38.2 Å². The summed E-state index contributed by atoms with van der Waals surface area (Å²) in [5.41, 5.74) is 0.978. The zero-order valence-electron chi connectivity index (χ0n) is 19.7. The number of likely N-dealkylation sites (tertiary alicyclic amines) is 1. The molecule has 5 rings (SSSR count). The van der Waals surface area contributed by atoms with Crippen LogP contribution in [0.4, 0.5) is 15.9 Å². The lowest BCUT2D eigenvalue weighted by atomic mass is 9.90. The summed E-state index contributed by atoms with van der Waals surface area (Å²) in [6.45, 7) is 8.16. The fourth-order valence-corrected chi connectivity index (χ4v) is 4.28. The molecule has 2 aliphatic rings. The van der Waals surface area contributed by atoms with E-state index in [0.29, 0.717) is 62.1 Å². The summed E-state index contributed by atoms with van der Waals surface area (Å²) in [7, 11) is 0. The van der Waals surface area contributed by atoms with Crippen molar-refractivity contribution in [2.24, 2.45) is 5.41 Å². The minimum absolute atomic E-state index is 0.0972. The summed E-state index contributed by atoms with van der Waals surface area (Å²) in [6.07, 6.45) is 3.14. The molecule has 2 saturated heterocycles. The molecule has 2 fully saturated rings. The van der Waals surface area contributed by atoms with Crippen molar-refractivity contribution in [3.8, 4) is 11.6 Å². The zero-order chi connectivity index (χ0) is 25.3. The first-order valence-electron chi connectivity index (χ1n) is 11.5. The van der Waals surface area contributed by atoms with Gasteiger partial charge in [-0.2, -0.15) is 0 Å². The molecule has 0 radical (unpaired) electrons. The van der Waals surface area contributed by atoms with Crippen molar-refractivity contribution >= 4 is 40.0 Å². The molecule has 2 aliphatic heterocycles. The summed E-state index contributed by atoms with van der Waals surface area (Å²) < 4.78 is 32.1. The minimum atomic E-state index is -0.665. The third kappa shape index (κ3) is 4.91. The predicted molar refractivity (Wildman–Crippen MR) is 132 cm³/mol. The second kappa shape index (κ2) is 9.87. The number of nitrogens with one attached hydrogen (secondary N) is 1. The van der Waals surface area contributed by atoms with E-state index >= 15 is 4.39 Å². The molecular formula is C25H25ClFN5O4. The van der Waals surface area contributed by atoms with Crippen LogP contribution in [-0.2, 0) is 9.53 Å². The maximum absolute atomic E-state index is 15.1. The monoisotopic (exact) mass is 513 g/mol. The van der Waals surface area contributed by atoms with Gasteiger partial charge in [-0.15, -0.1) is 0 Å². The van der Waals surface area contributed by atoms with E-state index in [9.17, 15) is 4.79 Å². The fourth-order valence-electron chi connectivity index (χ4n) is 4.06. The van der Waals surface area contributed by atoms with Crippen LogP contribution in [0, 0.1) is 11.2 Å². The largest absolute Gasteiger partial charge is 0.491 e. The first kappa shape index (κ1) is 24.2. The van der Waals surface area contributed by atoms with Crippen LogP contribution in [0.25, 0.3) is 11.0 Å². The van der Waals surface area contributed by atoms with Gasteiger partial charge in [-0.3, -0.25) is 4.79 Å². The van der Waals surface area contributed by atoms with E-state index in [1.165, 1.54) is 18.5 Å². The fraction of sp³-hybridized carbons (Fsp3) is 0.360. The predicted octanol–water partition coefficient (Wildman–Crippen LogP) is 4.14. The molecule has 1 N–H and O–H groups in total. The lowest BCUT2D eigenvalue weighted by Gasteiger charge is -2.37. The van der Waals surface area contributed by atoms with Gasteiger partial charge in [0.15, 0.2) is 11.6 Å². The number of fused-ring (bicyclic) bond motifs is 1. The van der Waals surface area contributed by atoms with Crippen LogP contribution in [0.15, 0.2) is 43.2 Å². The standard InChI is InChI=1S/C25H25ClFN5O4/c1-3-20(33)32-9-8-15(10-32)36-19-7-5-17-23(31-19)24(29-14-28-17)30-16-4-6-18(21(26)22(16)27)35-13-25(2)11-34-12-25/h3-7,14-15H,1,8-13H2,2H3,(H,28,29,30)/t15-/m0/s1. The van der Waals surface area contributed by atoms with E-state index in [1.807, 2.05) is 6.92 Å². The summed E-state index contributed by atoms with van der Waals surface area (Å²) >= 11 is 6.26. The van der Waals surface area contributed by atoms with E-state index < -0.39 is 5.82 Å². The second-order valence-electron chi connectivity index (χ2n) is 9.21. The van der Waals surface area contributed by atoms with Gasteiger partial charge in [0, 0.05) is 24.4 Å². The Balaban J connectivity index is 1.33. The van der Waals surface area contributed by atoms with Crippen molar-refractivity contribution in [1.29, 1.82) is 0 Å². The van der Waals surface area contributed by atoms with Gasteiger partial charge in [0.1, 0.15) is 28.7 Å². The smallest absolute Gasteiger partial charge is 0.246 e. The van der Waals surface area contributed by atoms with Crippen LogP contribution in [0.3, 0.4) is 0 Å². The van der Waals surface area contributed by atoms with Gasteiger partial charge in [0.25, 0.3) is 0 Å². The highest BCUT2D eigenvalue weighted by Crippen LogP contribution is 2.36. The lowest BCUT2D eigenvalue weighted by molar-refractivity contribution is -0.125. The number of pyridine rings is 1. The Bertz CT molecular complexity index is 1320. The normalized spacial score (nSPS) is 18.5. The number of aromatic nitrogens is 3. The SMILES string of the molecule is C=CC(=O)N1CC[C@H](Oc2ccc3ncnc(Nc4ccc(OCC5(C)COC5)c(Cl)c4F)c3n2)C1. The molecule has 0 saturated carbocycles. The van der Waals surface area contributed by atoms with Crippen molar-refractivity contribution in [3.05, 3.63) is 54.1 Å². The molecule has 0 aliphatic carbocycles. The Hall–Kier alpha value is -3.50. The maximum Gasteiger partial charge on any atom is 0.246 e. The number of hydrogen-bond donors (Lipinski definition) is 1. The van der Waals surface area contributed by atoms with Gasteiger partial charge < -0.3 is 24.4 Å². The van der Waals surface area contributed by atoms with E-state index in [1.54, 1.807) is 23.1 Å². The number of carbonyl (C=O) groups is 1. The number of nitrogens with zero attached hydrogens (tertiary/aromatic N) is 4. The Labute approximate surface area is 212 Å². The van der Waals surface area contributed by atoms with Crippen LogP contribution in [0.2, 0.25) is 5.02 Å². The Morgan fingerprint density at radius 1 is 1.36 bits per heavy atom. The molecule has 1 aromatic carbocycles. The zero-order valence-corrected chi connectivity index (χ0v) is 20.4. The van der Waals surface area contributed by atoms with E-state index in [2.05, 4.69) is 26.8 Å². The maximum atomic E-state index is 15.1. The molecule has 1 amide bonds. The molecule has 2 aromatic heterocycles. The van der Waals surface area contributed by atoms with Gasteiger partial charge in [-0.05, 0) is 24.3 Å². The molecule has 188 valence electrons. The molecule has 0 spiro atoms. The Morgan fingerprint density at radius 3 is 2.94 bits per heavy atom. The van der Waals surface area contributed by atoms with Gasteiger partial charge >= 0.3 is 0 Å². The van der Waals surface area contributed by atoms with Gasteiger partial charge in [-0.25, -0.2) is 19.3 Å². The number of amides is 1. The third-order valence-electron chi connectivity index (χ3n) is 6.15. The molecular weight excluding hydrogens is 489 g/mol. The quantitative estimate of drug-likeness (QED) is 0.449. The number of ether oxygens (including phenoxy) is 3. The first-order valence-corrected chi connectivity index (χ1v) is 11.9. The molecule has 4 heterocycles. The summed E-state index contributed by atoms with van der Waals surface area (Å²) in [6, 6.07) is 6.60. The summed E-state index contributed by atoms with van der Waals surface area (Å²) in [5, 5.41) is 2.83. The topological polar surface area (TPSA) is 98.7 Å². The average Bonchev–Trinajstić information content (AvgIpc) is 3.33. The number of rotatable bonds is 8. The van der Waals surface area contributed by atoms with E-state index in [0.717, 1.165) is 0 Å². The van der Waals surface area contributed by atoms with Gasteiger partial charge in [0.2, 0.25) is 11.8 Å². The second-order valence-corrected chi connectivity index (χ2v) is 9.59. The third-order valence-corrected chi connectivity index (χ3v) is 6.50.